The molecular formula is C17H23N3O2S. The van der Waals surface area contributed by atoms with E-state index in [9.17, 15) is 4.55 Å². The average molecular weight is 333 g/mol. The second-order valence-corrected chi connectivity index (χ2v) is 8.99. The van der Waals surface area contributed by atoms with Crippen molar-refractivity contribution < 1.29 is 9.29 Å². The molecule has 6 heteroatoms. The van der Waals surface area contributed by atoms with Crippen LogP contribution in [0.2, 0.25) is 0 Å². The number of aromatic nitrogens is 2. The largest absolute Gasteiger partial charge is 0.597 e. The lowest BCUT2D eigenvalue weighted by atomic mass is 9.97. The van der Waals surface area contributed by atoms with E-state index in [1.165, 1.54) is 0 Å². The summed E-state index contributed by atoms with van der Waals surface area (Å²) < 4.78 is 20.2. The van der Waals surface area contributed by atoms with E-state index in [2.05, 4.69) is 16.3 Å². The van der Waals surface area contributed by atoms with Gasteiger partial charge in [-0.15, -0.1) is 4.31 Å². The van der Waals surface area contributed by atoms with Crippen LogP contribution < -0.4 is 4.74 Å². The van der Waals surface area contributed by atoms with Gasteiger partial charge in [0.2, 0.25) is 0 Å². The average Bonchev–Trinajstić information content (AvgIpc) is 3.06. The molecule has 0 aliphatic carbocycles. The number of hydrogen-bond acceptors (Lipinski definition) is 4. The molecule has 124 valence electrons. The molecule has 5 nitrogen and oxygen atoms in total. The molecule has 2 aromatic rings. The van der Waals surface area contributed by atoms with E-state index in [-0.39, 0.29) is 10.8 Å². The van der Waals surface area contributed by atoms with Crippen LogP contribution in [-0.2, 0) is 17.9 Å². The van der Waals surface area contributed by atoms with Gasteiger partial charge in [0.25, 0.3) is 0 Å². The summed E-state index contributed by atoms with van der Waals surface area (Å²) in [6, 6.07) is 5.95. The molecule has 23 heavy (non-hydrogen) atoms. The van der Waals surface area contributed by atoms with Gasteiger partial charge in [0.1, 0.15) is 16.5 Å². The summed E-state index contributed by atoms with van der Waals surface area (Å²) in [5, 5.41) is 7.27. The first kappa shape index (κ1) is 16.4. The van der Waals surface area contributed by atoms with E-state index in [1.54, 1.807) is 7.11 Å². The van der Waals surface area contributed by atoms with E-state index in [1.807, 2.05) is 50.3 Å². The van der Waals surface area contributed by atoms with Crippen LogP contribution >= 0.6 is 0 Å². The van der Waals surface area contributed by atoms with Crippen molar-refractivity contribution in [2.24, 2.45) is 0 Å². The van der Waals surface area contributed by atoms with Crippen molar-refractivity contribution in [2.75, 3.05) is 7.11 Å². The van der Waals surface area contributed by atoms with Crippen molar-refractivity contribution in [1.29, 1.82) is 0 Å². The van der Waals surface area contributed by atoms with E-state index < -0.39 is 11.4 Å². The number of nitrogens with one attached hydrogen (secondary N) is 1. The highest BCUT2D eigenvalue weighted by atomic mass is 32.2. The Hall–Kier alpha value is -1.50. The predicted octanol–water partition coefficient (Wildman–Crippen LogP) is 3.09. The summed E-state index contributed by atoms with van der Waals surface area (Å²) in [5.74, 6) is 0.848. The highest BCUT2D eigenvalue weighted by Gasteiger charge is 2.45. The maximum atomic E-state index is 13.1. The van der Waals surface area contributed by atoms with Gasteiger partial charge >= 0.3 is 0 Å². The zero-order valence-corrected chi connectivity index (χ0v) is 15.0. The number of fused-ring (bicyclic) bond motifs is 1. The molecule has 2 atom stereocenters. The molecule has 0 saturated carbocycles. The monoisotopic (exact) mass is 333 g/mol. The van der Waals surface area contributed by atoms with Crippen molar-refractivity contribution in [3.8, 4) is 5.75 Å². The molecule has 0 saturated heterocycles. The summed E-state index contributed by atoms with van der Waals surface area (Å²) in [7, 11) is 1.68. The zero-order valence-electron chi connectivity index (χ0n) is 14.2. The molecule has 0 radical (unpaired) electrons. The molecule has 0 unspecified atom stereocenters. The maximum absolute atomic E-state index is 13.1. The van der Waals surface area contributed by atoms with Crippen molar-refractivity contribution in [3.63, 3.8) is 0 Å². The minimum absolute atomic E-state index is 0.0705. The van der Waals surface area contributed by atoms with Crippen molar-refractivity contribution in [3.05, 3.63) is 46.8 Å². The lowest BCUT2D eigenvalue weighted by molar-refractivity contribution is 0.364. The van der Waals surface area contributed by atoms with Gasteiger partial charge in [0.15, 0.2) is 0 Å². The second kappa shape index (κ2) is 5.85. The minimum Gasteiger partial charge on any atom is -0.597 e. The summed E-state index contributed by atoms with van der Waals surface area (Å²) in [4.78, 5) is 0. The Morgan fingerprint density at radius 2 is 2.09 bits per heavy atom. The minimum atomic E-state index is -1.13. The quantitative estimate of drug-likeness (QED) is 0.877. The standard InChI is InChI=1S/C17H23N3O2S/c1-11-12(7-6-8-15(11)22-5)16-13-9-18-19-14(13)10-20(16)23(21)17(2,3)4/h6-9,16H,10H2,1-5H3,(H,18,19)/t16-,23-/m1/s1. The molecule has 0 fully saturated rings. The number of methoxy groups -OCH3 is 1. The first-order valence-electron chi connectivity index (χ1n) is 7.69. The van der Waals surface area contributed by atoms with Gasteiger partial charge in [-0.1, -0.05) is 12.1 Å². The van der Waals surface area contributed by atoms with Crippen LogP contribution in [0.4, 0.5) is 0 Å². The second-order valence-electron chi connectivity index (χ2n) is 6.80. The Morgan fingerprint density at radius 3 is 2.74 bits per heavy atom. The number of nitrogens with zero attached hydrogens (tertiary/aromatic N) is 2. The van der Waals surface area contributed by atoms with Gasteiger partial charge in [0.05, 0.1) is 19.3 Å². The predicted molar refractivity (Wildman–Crippen MR) is 91.6 cm³/mol. The fourth-order valence-electron chi connectivity index (χ4n) is 3.06. The molecular weight excluding hydrogens is 310 g/mol. The molecule has 3 rings (SSSR count). The Kier molecular flexibility index (Phi) is 4.16. The van der Waals surface area contributed by atoms with Crippen LogP contribution in [0.5, 0.6) is 5.75 Å². The fraction of sp³-hybridized carbons (Fsp3) is 0.471. The zero-order chi connectivity index (χ0) is 16.8. The van der Waals surface area contributed by atoms with Gasteiger partial charge in [-0.05, 0) is 44.9 Å². The highest BCUT2D eigenvalue weighted by Crippen LogP contribution is 2.44. The number of H-pyrrole nitrogens is 1. The summed E-state index contributed by atoms with van der Waals surface area (Å²) >= 11 is -1.13. The number of benzene rings is 1. The Bertz CT molecular complexity index is 708. The lowest BCUT2D eigenvalue weighted by Gasteiger charge is -2.34. The summed E-state index contributed by atoms with van der Waals surface area (Å²) in [6.07, 6.45) is 1.92. The van der Waals surface area contributed by atoms with Gasteiger partial charge in [-0.2, -0.15) is 5.10 Å². The molecule has 1 aromatic carbocycles. The number of aromatic amines is 1. The summed E-state index contributed by atoms with van der Waals surface area (Å²) in [5.41, 5.74) is 4.25. The molecule has 1 N–H and O–H groups in total. The van der Waals surface area contributed by atoms with E-state index >= 15 is 0 Å². The Labute approximate surface area is 140 Å². The lowest BCUT2D eigenvalue weighted by Crippen LogP contribution is -2.42. The maximum Gasteiger partial charge on any atom is 0.137 e. The fourth-order valence-corrected chi connectivity index (χ4v) is 4.42. The van der Waals surface area contributed by atoms with Crippen LogP contribution in [0.15, 0.2) is 24.4 Å². The topological polar surface area (TPSA) is 64.2 Å². The van der Waals surface area contributed by atoms with Crippen LogP contribution in [-0.4, -0.2) is 30.9 Å². The first-order valence-corrected chi connectivity index (χ1v) is 8.80. The molecule has 1 aliphatic heterocycles. The van der Waals surface area contributed by atoms with Crippen molar-refractivity contribution in [2.45, 2.75) is 45.0 Å². The third kappa shape index (κ3) is 2.75. The van der Waals surface area contributed by atoms with Crippen LogP contribution in [0.1, 0.15) is 49.2 Å². The third-order valence-electron chi connectivity index (χ3n) is 4.22. The molecule has 0 bridgehead atoms. The molecule has 1 aliphatic rings. The van der Waals surface area contributed by atoms with E-state index in [0.29, 0.717) is 6.54 Å². The van der Waals surface area contributed by atoms with Gasteiger partial charge in [-0.3, -0.25) is 5.10 Å². The van der Waals surface area contributed by atoms with Crippen molar-refractivity contribution >= 4 is 11.4 Å². The van der Waals surface area contributed by atoms with Crippen molar-refractivity contribution in [1.82, 2.24) is 14.5 Å². The first-order chi connectivity index (χ1) is 10.8. The molecule has 2 heterocycles. The normalized spacial score (nSPS) is 19.7. The van der Waals surface area contributed by atoms with E-state index in [0.717, 1.165) is 28.1 Å². The van der Waals surface area contributed by atoms with E-state index in [4.69, 9.17) is 4.74 Å². The van der Waals surface area contributed by atoms with Crippen LogP contribution in [0.3, 0.4) is 0 Å². The smallest absolute Gasteiger partial charge is 0.137 e. The molecule has 0 amide bonds. The summed E-state index contributed by atoms with van der Waals surface area (Å²) in [6.45, 7) is 8.64. The Balaban J connectivity index is 2.10. The highest BCUT2D eigenvalue weighted by molar-refractivity contribution is 7.90. The van der Waals surface area contributed by atoms with Gasteiger partial charge in [0, 0.05) is 23.1 Å². The molecule has 1 aromatic heterocycles. The van der Waals surface area contributed by atoms with Gasteiger partial charge < -0.3 is 9.29 Å². The number of ether oxygens (including phenoxy) is 1. The van der Waals surface area contributed by atoms with Crippen LogP contribution in [0, 0.1) is 6.92 Å². The third-order valence-corrected chi connectivity index (χ3v) is 6.03. The SMILES string of the molecule is COc1cccc([C@@H]2c3c[nH]nc3CN2[S@+]([O-])C(C)(C)C)c1C. The number of hydrogen-bond donors (Lipinski definition) is 1. The Morgan fingerprint density at radius 1 is 1.35 bits per heavy atom. The van der Waals surface area contributed by atoms with Crippen LogP contribution in [0.25, 0.3) is 0 Å². The molecule has 0 spiro atoms. The number of rotatable bonds is 3. The van der Waals surface area contributed by atoms with Gasteiger partial charge in [-0.25, -0.2) is 0 Å².